The lowest BCUT2D eigenvalue weighted by atomic mass is 10.1. The lowest BCUT2D eigenvalue weighted by Gasteiger charge is -2.37. The van der Waals surface area contributed by atoms with Crippen LogP contribution in [0.25, 0.3) is 0 Å². The summed E-state index contributed by atoms with van der Waals surface area (Å²) in [4.78, 5) is 4.45. The van der Waals surface area contributed by atoms with Gasteiger partial charge in [-0.15, -0.1) is 0 Å². The van der Waals surface area contributed by atoms with Crippen molar-refractivity contribution in [2.75, 3.05) is 31.1 Å². The van der Waals surface area contributed by atoms with Crippen LogP contribution in [0.5, 0.6) is 0 Å². The number of nitrogens with zero attached hydrogens (tertiary/aromatic N) is 1. The predicted molar refractivity (Wildman–Crippen MR) is 85.6 cm³/mol. The minimum atomic E-state index is 0.956. The number of quaternary nitrogens is 1. The molecule has 2 fully saturated rings. The monoisotopic (exact) mass is 273 g/mol. The normalized spacial score (nSPS) is 22.8. The Kier molecular flexibility index (Phi) is 4.62. The molecule has 0 radical (unpaired) electrons. The molecule has 1 aromatic carbocycles. The van der Waals surface area contributed by atoms with Gasteiger partial charge in [-0.25, -0.2) is 0 Å². The summed E-state index contributed by atoms with van der Waals surface area (Å²) in [5.41, 5.74) is 2.77. The molecule has 110 valence electrons. The molecule has 1 aliphatic heterocycles. The highest BCUT2D eigenvalue weighted by Gasteiger charge is 2.27. The van der Waals surface area contributed by atoms with Gasteiger partial charge < -0.3 is 9.80 Å². The van der Waals surface area contributed by atoms with Crippen LogP contribution in [0, 0.1) is 6.92 Å². The summed E-state index contributed by atoms with van der Waals surface area (Å²) in [7, 11) is 0. The van der Waals surface area contributed by atoms with E-state index >= 15 is 0 Å². The zero-order chi connectivity index (χ0) is 13.8. The van der Waals surface area contributed by atoms with Crippen molar-refractivity contribution in [3.05, 3.63) is 29.8 Å². The van der Waals surface area contributed by atoms with E-state index < -0.39 is 0 Å². The van der Waals surface area contributed by atoms with E-state index in [1.807, 2.05) is 4.90 Å². The third-order valence-electron chi connectivity index (χ3n) is 5.24. The number of piperazine rings is 1. The molecule has 1 aromatic rings. The second-order valence-corrected chi connectivity index (χ2v) is 6.67. The Morgan fingerprint density at radius 1 is 0.900 bits per heavy atom. The summed E-state index contributed by atoms with van der Waals surface area (Å²) >= 11 is 0. The van der Waals surface area contributed by atoms with E-state index in [-0.39, 0.29) is 0 Å². The number of hydrogen-bond donors (Lipinski definition) is 1. The Bertz CT molecular complexity index is 396. The third-order valence-corrected chi connectivity index (χ3v) is 5.24. The van der Waals surface area contributed by atoms with Crippen LogP contribution in [0.4, 0.5) is 5.69 Å². The highest BCUT2D eigenvalue weighted by Crippen LogP contribution is 2.17. The Balaban J connectivity index is 1.54. The van der Waals surface area contributed by atoms with Crippen molar-refractivity contribution in [1.29, 1.82) is 0 Å². The van der Waals surface area contributed by atoms with Crippen LogP contribution in [-0.2, 0) is 0 Å². The Labute approximate surface area is 123 Å². The smallest absolute Gasteiger partial charge is 0.0951 e. The fraction of sp³-hybridized carbons (Fsp3) is 0.667. The standard InChI is InChI=1S/C18H28N2/c1-16-8-10-18(11-9-16)20-14-12-19(13-15-20)17-6-4-2-3-5-7-17/h8-11,17H,2-7,12-15H2,1H3/p+1. The molecule has 0 atom stereocenters. The fourth-order valence-corrected chi connectivity index (χ4v) is 3.90. The number of hydrogen-bond acceptors (Lipinski definition) is 1. The van der Waals surface area contributed by atoms with E-state index in [2.05, 4.69) is 36.1 Å². The topological polar surface area (TPSA) is 7.68 Å². The SMILES string of the molecule is Cc1ccc(N2CC[NH+](C3CCCCCC3)CC2)cc1. The van der Waals surface area contributed by atoms with Crippen molar-refractivity contribution < 1.29 is 4.90 Å². The van der Waals surface area contributed by atoms with E-state index in [9.17, 15) is 0 Å². The van der Waals surface area contributed by atoms with Gasteiger partial charge in [0.2, 0.25) is 0 Å². The summed E-state index contributed by atoms with van der Waals surface area (Å²) in [5, 5.41) is 0. The number of anilines is 1. The van der Waals surface area contributed by atoms with E-state index in [1.54, 1.807) is 0 Å². The molecule has 3 rings (SSSR count). The molecule has 0 spiro atoms. The molecule has 2 aliphatic rings. The van der Waals surface area contributed by atoms with Crippen molar-refractivity contribution in [3.8, 4) is 0 Å². The minimum Gasteiger partial charge on any atom is -0.360 e. The maximum atomic E-state index is 2.57. The first-order chi connectivity index (χ1) is 9.83. The zero-order valence-electron chi connectivity index (χ0n) is 12.9. The van der Waals surface area contributed by atoms with Crippen LogP contribution in [0.15, 0.2) is 24.3 Å². The quantitative estimate of drug-likeness (QED) is 0.813. The summed E-state index contributed by atoms with van der Waals surface area (Å²) < 4.78 is 0. The lowest BCUT2D eigenvalue weighted by Crippen LogP contribution is -3.18. The average Bonchev–Trinajstić information content (AvgIpc) is 2.77. The molecule has 1 N–H and O–H groups in total. The van der Waals surface area contributed by atoms with Gasteiger partial charge in [0.15, 0.2) is 0 Å². The molecule has 1 aliphatic carbocycles. The van der Waals surface area contributed by atoms with Gasteiger partial charge in [0.25, 0.3) is 0 Å². The molecular formula is C18H29N2+. The van der Waals surface area contributed by atoms with Gasteiger partial charge in [-0.05, 0) is 44.7 Å². The lowest BCUT2D eigenvalue weighted by molar-refractivity contribution is -0.926. The molecule has 1 saturated carbocycles. The summed E-state index contributed by atoms with van der Waals surface area (Å²) in [6.45, 7) is 7.29. The van der Waals surface area contributed by atoms with Crippen molar-refractivity contribution in [1.82, 2.24) is 0 Å². The minimum absolute atomic E-state index is 0.956. The van der Waals surface area contributed by atoms with E-state index in [0.717, 1.165) is 6.04 Å². The van der Waals surface area contributed by atoms with Gasteiger partial charge >= 0.3 is 0 Å². The molecule has 0 aromatic heterocycles. The summed E-state index contributed by atoms with van der Waals surface area (Å²) in [5.74, 6) is 0. The number of benzene rings is 1. The Morgan fingerprint density at radius 3 is 2.10 bits per heavy atom. The maximum Gasteiger partial charge on any atom is 0.0951 e. The van der Waals surface area contributed by atoms with Gasteiger partial charge in [-0.2, -0.15) is 0 Å². The van der Waals surface area contributed by atoms with Crippen molar-refractivity contribution in [2.45, 2.75) is 51.5 Å². The molecular weight excluding hydrogens is 244 g/mol. The highest BCUT2D eigenvalue weighted by molar-refractivity contribution is 5.47. The molecule has 0 bridgehead atoms. The number of aryl methyl sites for hydroxylation is 1. The highest BCUT2D eigenvalue weighted by atomic mass is 15.3. The van der Waals surface area contributed by atoms with Crippen LogP contribution in [0.3, 0.4) is 0 Å². The first-order valence-electron chi connectivity index (χ1n) is 8.49. The van der Waals surface area contributed by atoms with Crippen LogP contribution < -0.4 is 9.80 Å². The second kappa shape index (κ2) is 6.62. The van der Waals surface area contributed by atoms with E-state index in [4.69, 9.17) is 0 Å². The maximum absolute atomic E-state index is 2.57. The number of nitrogens with one attached hydrogen (secondary N) is 1. The molecule has 0 amide bonds. The zero-order valence-corrected chi connectivity index (χ0v) is 12.9. The van der Waals surface area contributed by atoms with Crippen LogP contribution in [-0.4, -0.2) is 32.2 Å². The summed E-state index contributed by atoms with van der Waals surface area (Å²) in [6.07, 6.45) is 8.82. The van der Waals surface area contributed by atoms with Gasteiger partial charge in [0, 0.05) is 5.69 Å². The van der Waals surface area contributed by atoms with Crippen molar-refractivity contribution in [3.63, 3.8) is 0 Å². The van der Waals surface area contributed by atoms with Crippen LogP contribution in [0.2, 0.25) is 0 Å². The van der Waals surface area contributed by atoms with E-state index in [1.165, 1.54) is 76.0 Å². The average molecular weight is 273 g/mol. The Hall–Kier alpha value is -1.02. The van der Waals surface area contributed by atoms with Crippen molar-refractivity contribution >= 4 is 5.69 Å². The van der Waals surface area contributed by atoms with Crippen molar-refractivity contribution in [2.24, 2.45) is 0 Å². The van der Waals surface area contributed by atoms with Gasteiger partial charge in [0.1, 0.15) is 0 Å². The Morgan fingerprint density at radius 2 is 1.50 bits per heavy atom. The third kappa shape index (κ3) is 3.35. The first kappa shape index (κ1) is 13.9. The molecule has 1 saturated heterocycles. The molecule has 2 nitrogen and oxygen atoms in total. The first-order valence-corrected chi connectivity index (χ1v) is 8.49. The van der Waals surface area contributed by atoms with Gasteiger partial charge in [0.05, 0.1) is 32.2 Å². The molecule has 0 unspecified atom stereocenters. The van der Waals surface area contributed by atoms with Crippen LogP contribution in [0.1, 0.15) is 44.1 Å². The molecule has 20 heavy (non-hydrogen) atoms. The fourth-order valence-electron chi connectivity index (χ4n) is 3.90. The number of rotatable bonds is 2. The molecule has 1 heterocycles. The van der Waals surface area contributed by atoms with Gasteiger partial charge in [-0.3, -0.25) is 0 Å². The van der Waals surface area contributed by atoms with Gasteiger partial charge in [-0.1, -0.05) is 30.5 Å². The summed E-state index contributed by atoms with van der Waals surface area (Å²) in [6, 6.07) is 10.00. The van der Waals surface area contributed by atoms with Crippen LogP contribution >= 0.6 is 0 Å². The largest absolute Gasteiger partial charge is 0.360 e. The predicted octanol–water partition coefficient (Wildman–Crippen LogP) is 2.42. The van der Waals surface area contributed by atoms with E-state index in [0.29, 0.717) is 0 Å². The molecule has 2 heteroatoms. The second-order valence-electron chi connectivity index (χ2n) is 6.67.